The Morgan fingerprint density at radius 1 is 1.06 bits per heavy atom. The van der Waals surface area contributed by atoms with Crippen molar-refractivity contribution in [3.63, 3.8) is 0 Å². The van der Waals surface area contributed by atoms with Crippen molar-refractivity contribution in [2.45, 2.75) is 32.1 Å². The summed E-state index contributed by atoms with van der Waals surface area (Å²) in [7, 11) is 0. The predicted octanol–water partition coefficient (Wildman–Crippen LogP) is 2.73. The molecule has 1 unspecified atom stereocenters. The summed E-state index contributed by atoms with van der Waals surface area (Å²) in [5.74, 6) is 0.369. The summed E-state index contributed by atoms with van der Waals surface area (Å²) in [5.41, 5.74) is 0. The van der Waals surface area contributed by atoms with E-state index in [1.807, 2.05) is 0 Å². The number of aliphatic imine (C=N–C) groups is 1. The van der Waals surface area contributed by atoms with E-state index in [9.17, 15) is 4.79 Å². The minimum absolute atomic E-state index is 0.369. The first-order valence-corrected chi connectivity index (χ1v) is 5.55. The molecular formula is C12H17N3O. The van der Waals surface area contributed by atoms with Crippen LogP contribution in [0.15, 0.2) is 4.99 Å². The number of carbonyl (C=O) groups excluding carboxylic acids is 1. The normalized spacial score (nSPS) is 10.9. The van der Waals surface area contributed by atoms with Crippen LogP contribution in [0.5, 0.6) is 0 Å². The minimum atomic E-state index is 0.369. The van der Waals surface area contributed by atoms with Crippen molar-refractivity contribution in [2.24, 2.45) is 10.9 Å². The Morgan fingerprint density at radius 2 is 1.69 bits per heavy atom. The largest absolute Gasteiger partial charge is 0.317 e. The van der Waals surface area contributed by atoms with Crippen molar-refractivity contribution in [1.29, 1.82) is 0 Å². The molecule has 0 aliphatic carbocycles. The zero-order valence-corrected chi connectivity index (χ0v) is 9.48. The lowest BCUT2D eigenvalue weighted by Gasteiger charge is -2.11. The molecule has 0 amide bonds. The summed E-state index contributed by atoms with van der Waals surface area (Å²) < 4.78 is 0. The Balaban J connectivity index is 3.77. The van der Waals surface area contributed by atoms with Crippen LogP contribution in [0.4, 0.5) is 0 Å². The van der Waals surface area contributed by atoms with Crippen LogP contribution in [0.2, 0.25) is 0 Å². The van der Waals surface area contributed by atoms with Gasteiger partial charge in [0.15, 0.2) is 0 Å². The van der Waals surface area contributed by atoms with E-state index in [-0.39, 0.29) is 0 Å². The SMILES string of the molecule is [C-]#[N+]CCCCC(CCC[N+]#[C-])CN=C=O. The summed E-state index contributed by atoms with van der Waals surface area (Å²) in [6.07, 6.45) is 6.25. The standard InChI is InChI=1S/C12H17N3O/c1-13-8-4-3-6-12(10-15-11-16)7-5-9-14-2/h12H,3-10H2. The molecule has 4 nitrogen and oxygen atoms in total. The average Bonchev–Trinajstić information content (AvgIpc) is 2.31. The minimum Gasteiger partial charge on any atom is -0.317 e. The van der Waals surface area contributed by atoms with Crippen LogP contribution in [0.25, 0.3) is 9.69 Å². The molecule has 0 saturated heterocycles. The van der Waals surface area contributed by atoms with Crippen LogP contribution in [0, 0.1) is 19.1 Å². The number of nitrogens with zero attached hydrogens (tertiary/aromatic N) is 3. The molecule has 0 aliphatic rings. The average molecular weight is 219 g/mol. The number of rotatable bonds is 9. The van der Waals surface area contributed by atoms with E-state index in [1.54, 1.807) is 6.08 Å². The van der Waals surface area contributed by atoms with Crippen molar-refractivity contribution in [1.82, 2.24) is 0 Å². The third-order valence-corrected chi connectivity index (χ3v) is 2.43. The molecule has 86 valence electrons. The number of isocyanates is 1. The first-order chi connectivity index (χ1) is 7.85. The molecule has 4 heteroatoms. The van der Waals surface area contributed by atoms with E-state index in [4.69, 9.17) is 13.1 Å². The van der Waals surface area contributed by atoms with Crippen molar-refractivity contribution in [2.75, 3.05) is 19.6 Å². The predicted molar refractivity (Wildman–Crippen MR) is 62.5 cm³/mol. The van der Waals surface area contributed by atoms with Crippen LogP contribution in [-0.2, 0) is 4.79 Å². The lowest BCUT2D eigenvalue weighted by Crippen LogP contribution is -2.05. The van der Waals surface area contributed by atoms with Gasteiger partial charge in [0, 0.05) is 12.8 Å². The molecule has 0 fully saturated rings. The highest BCUT2D eigenvalue weighted by Gasteiger charge is 2.08. The summed E-state index contributed by atoms with van der Waals surface area (Å²) in [6, 6.07) is 0. The van der Waals surface area contributed by atoms with Gasteiger partial charge < -0.3 is 9.69 Å². The van der Waals surface area contributed by atoms with E-state index in [0.29, 0.717) is 25.6 Å². The Labute approximate surface area is 97.0 Å². The lowest BCUT2D eigenvalue weighted by molar-refractivity contribution is 0.435. The summed E-state index contributed by atoms with van der Waals surface area (Å²) >= 11 is 0. The van der Waals surface area contributed by atoms with E-state index < -0.39 is 0 Å². The summed E-state index contributed by atoms with van der Waals surface area (Å²) in [6.45, 7) is 15.0. The maximum Gasteiger partial charge on any atom is 0.234 e. The molecule has 1 atom stereocenters. The topological polar surface area (TPSA) is 38.1 Å². The molecule has 0 spiro atoms. The highest BCUT2D eigenvalue weighted by molar-refractivity contribution is 5.32. The first kappa shape index (κ1) is 14.4. The third-order valence-electron chi connectivity index (χ3n) is 2.43. The zero-order valence-electron chi connectivity index (χ0n) is 9.48. The molecule has 0 rings (SSSR count). The molecule has 0 aliphatic heterocycles. The fraction of sp³-hybridized carbons (Fsp3) is 0.750. The molecule has 0 heterocycles. The number of hydrogen-bond donors (Lipinski definition) is 0. The van der Waals surface area contributed by atoms with Crippen LogP contribution in [0.3, 0.4) is 0 Å². The highest BCUT2D eigenvalue weighted by Crippen LogP contribution is 2.15. The molecule has 16 heavy (non-hydrogen) atoms. The summed E-state index contributed by atoms with van der Waals surface area (Å²) in [5, 5.41) is 0. The second-order valence-electron chi connectivity index (χ2n) is 3.70. The van der Waals surface area contributed by atoms with E-state index in [2.05, 4.69) is 14.7 Å². The molecule has 0 aromatic heterocycles. The molecule has 0 saturated carbocycles. The third kappa shape index (κ3) is 8.94. The van der Waals surface area contributed by atoms with Crippen molar-refractivity contribution < 1.29 is 4.79 Å². The molecule has 0 bridgehead atoms. The van der Waals surface area contributed by atoms with Gasteiger partial charge in [-0.1, -0.05) is 0 Å². The van der Waals surface area contributed by atoms with Gasteiger partial charge in [0.2, 0.25) is 19.2 Å². The van der Waals surface area contributed by atoms with Crippen molar-refractivity contribution >= 4 is 6.08 Å². The molecule has 0 radical (unpaired) electrons. The molecule has 0 aromatic rings. The highest BCUT2D eigenvalue weighted by atomic mass is 16.1. The number of unbranched alkanes of at least 4 members (excludes halogenated alkanes) is 1. The Bertz CT molecular complexity index is 294. The van der Waals surface area contributed by atoms with Gasteiger partial charge in [-0.05, 0) is 25.2 Å². The summed E-state index contributed by atoms with van der Waals surface area (Å²) in [4.78, 5) is 20.2. The molecule has 0 N–H and O–H groups in total. The maximum absolute atomic E-state index is 10.0. The van der Waals surface area contributed by atoms with Crippen molar-refractivity contribution in [3.05, 3.63) is 22.8 Å². The Kier molecular flexibility index (Phi) is 10.3. The lowest BCUT2D eigenvalue weighted by atomic mass is 9.97. The van der Waals surface area contributed by atoms with Gasteiger partial charge in [-0.3, -0.25) is 0 Å². The van der Waals surface area contributed by atoms with Crippen LogP contribution < -0.4 is 0 Å². The second-order valence-corrected chi connectivity index (χ2v) is 3.70. The van der Waals surface area contributed by atoms with Crippen LogP contribution in [-0.4, -0.2) is 25.7 Å². The smallest absolute Gasteiger partial charge is 0.234 e. The van der Waals surface area contributed by atoms with Crippen LogP contribution >= 0.6 is 0 Å². The fourth-order valence-electron chi connectivity index (χ4n) is 1.58. The van der Waals surface area contributed by atoms with E-state index >= 15 is 0 Å². The van der Waals surface area contributed by atoms with Gasteiger partial charge in [-0.15, -0.1) is 0 Å². The fourth-order valence-corrected chi connectivity index (χ4v) is 1.58. The second kappa shape index (κ2) is 11.4. The van der Waals surface area contributed by atoms with Crippen molar-refractivity contribution in [3.8, 4) is 0 Å². The quantitative estimate of drug-likeness (QED) is 0.254. The zero-order chi connectivity index (χ0) is 12.1. The van der Waals surface area contributed by atoms with Gasteiger partial charge in [0.05, 0.1) is 6.54 Å². The Hall–Kier alpha value is -1.64. The first-order valence-electron chi connectivity index (χ1n) is 5.55. The molecular weight excluding hydrogens is 202 g/mol. The van der Waals surface area contributed by atoms with Crippen LogP contribution in [0.1, 0.15) is 32.1 Å². The van der Waals surface area contributed by atoms with Gasteiger partial charge in [0.1, 0.15) is 0 Å². The Morgan fingerprint density at radius 3 is 2.31 bits per heavy atom. The monoisotopic (exact) mass is 219 g/mol. The van der Waals surface area contributed by atoms with Gasteiger partial charge in [-0.2, -0.15) is 0 Å². The maximum atomic E-state index is 10.0. The van der Waals surface area contributed by atoms with Gasteiger partial charge >= 0.3 is 0 Å². The van der Waals surface area contributed by atoms with Gasteiger partial charge in [-0.25, -0.2) is 22.9 Å². The van der Waals surface area contributed by atoms with E-state index in [0.717, 1.165) is 32.1 Å². The van der Waals surface area contributed by atoms with Gasteiger partial charge in [0.25, 0.3) is 0 Å². The number of hydrogen-bond acceptors (Lipinski definition) is 2. The molecule has 0 aromatic carbocycles. The van der Waals surface area contributed by atoms with E-state index in [1.165, 1.54) is 0 Å².